The van der Waals surface area contributed by atoms with E-state index in [0.717, 1.165) is 10.6 Å². The van der Waals surface area contributed by atoms with Crippen LogP contribution >= 0.6 is 0 Å². The second-order valence-electron chi connectivity index (χ2n) is 6.44. The van der Waals surface area contributed by atoms with Crippen LogP contribution in [0.1, 0.15) is 0 Å². The Hall–Kier alpha value is -4.07. The van der Waals surface area contributed by atoms with Crippen LogP contribution in [0.25, 0.3) is 10.9 Å². The molecular weight excluding hydrogens is 392 g/mol. The van der Waals surface area contributed by atoms with Gasteiger partial charge >= 0.3 is 0 Å². The predicted molar refractivity (Wildman–Crippen MR) is 108 cm³/mol. The molecule has 0 aliphatic carbocycles. The molecule has 3 aromatic carbocycles. The summed E-state index contributed by atoms with van der Waals surface area (Å²) < 4.78 is 33.6. The van der Waals surface area contributed by atoms with Crippen molar-refractivity contribution in [1.82, 2.24) is 9.55 Å². The first-order valence-electron chi connectivity index (χ1n) is 8.96. The number of nitrogens with zero attached hydrogens (tertiary/aromatic N) is 2. The van der Waals surface area contributed by atoms with Gasteiger partial charge in [0.25, 0.3) is 5.56 Å². The number of nitrogens with one attached hydrogen (secondary N) is 1. The molecule has 30 heavy (non-hydrogen) atoms. The number of hydrogen-bond donors (Lipinski definition) is 1. The van der Waals surface area contributed by atoms with Crippen LogP contribution in [0.4, 0.5) is 14.5 Å². The lowest BCUT2D eigenvalue weighted by atomic mass is 10.2. The van der Waals surface area contributed by atoms with Gasteiger partial charge in [-0.1, -0.05) is 18.2 Å². The standard InChI is InChI=1S/C22H15F2N3O3/c23-14-4-3-5-16(10-14)30-20-7-2-1-6-19(20)26-21(28)12-27-13-25-18-9-8-15(24)11-17(18)22(27)29/h1-11,13H,12H2,(H,26,28). The van der Waals surface area contributed by atoms with E-state index in [-0.39, 0.29) is 17.7 Å². The quantitative estimate of drug-likeness (QED) is 0.541. The zero-order chi connectivity index (χ0) is 21.1. The summed E-state index contributed by atoms with van der Waals surface area (Å²) in [5, 5.41) is 2.74. The van der Waals surface area contributed by atoms with Gasteiger partial charge in [0.15, 0.2) is 5.75 Å². The summed E-state index contributed by atoms with van der Waals surface area (Å²) in [6.07, 6.45) is 1.23. The van der Waals surface area contributed by atoms with E-state index in [1.54, 1.807) is 30.3 Å². The number of amides is 1. The minimum Gasteiger partial charge on any atom is -0.455 e. The highest BCUT2D eigenvalue weighted by Gasteiger charge is 2.12. The highest BCUT2D eigenvalue weighted by atomic mass is 19.1. The topological polar surface area (TPSA) is 73.2 Å². The van der Waals surface area contributed by atoms with E-state index in [0.29, 0.717) is 17.0 Å². The summed E-state index contributed by atoms with van der Waals surface area (Å²) in [6, 6.07) is 15.9. The molecule has 0 aliphatic rings. The van der Waals surface area contributed by atoms with Gasteiger partial charge in [-0.15, -0.1) is 0 Å². The molecule has 0 unspecified atom stereocenters. The van der Waals surface area contributed by atoms with Crippen LogP contribution in [0.2, 0.25) is 0 Å². The minimum absolute atomic E-state index is 0.0835. The third-order valence-electron chi connectivity index (χ3n) is 4.29. The molecule has 0 radical (unpaired) electrons. The number of carbonyl (C=O) groups is 1. The average molecular weight is 407 g/mol. The third kappa shape index (κ3) is 4.17. The van der Waals surface area contributed by atoms with Gasteiger partial charge < -0.3 is 10.1 Å². The lowest BCUT2D eigenvalue weighted by Crippen LogP contribution is -2.28. The van der Waals surface area contributed by atoms with Gasteiger partial charge in [0.05, 0.1) is 22.9 Å². The summed E-state index contributed by atoms with van der Waals surface area (Å²) in [6.45, 7) is -0.327. The van der Waals surface area contributed by atoms with Crippen molar-refractivity contribution in [3.63, 3.8) is 0 Å². The van der Waals surface area contributed by atoms with E-state index >= 15 is 0 Å². The van der Waals surface area contributed by atoms with E-state index in [4.69, 9.17) is 4.74 Å². The molecule has 4 aromatic rings. The maximum atomic E-state index is 13.5. The number of aromatic nitrogens is 2. The molecule has 0 spiro atoms. The highest BCUT2D eigenvalue weighted by molar-refractivity contribution is 5.92. The minimum atomic E-state index is -0.563. The lowest BCUT2D eigenvalue weighted by molar-refractivity contribution is -0.116. The summed E-state index contributed by atoms with van der Waals surface area (Å²) >= 11 is 0. The Morgan fingerprint density at radius 2 is 1.80 bits per heavy atom. The molecule has 0 saturated heterocycles. The number of halogens is 2. The van der Waals surface area contributed by atoms with E-state index in [9.17, 15) is 18.4 Å². The van der Waals surface area contributed by atoms with Crippen molar-refractivity contribution in [3.8, 4) is 11.5 Å². The van der Waals surface area contributed by atoms with Crippen LogP contribution < -0.4 is 15.6 Å². The van der Waals surface area contributed by atoms with Crippen LogP contribution in [0, 0.1) is 11.6 Å². The number of anilines is 1. The van der Waals surface area contributed by atoms with Crippen LogP contribution in [0.15, 0.2) is 77.9 Å². The normalized spacial score (nSPS) is 10.7. The van der Waals surface area contributed by atoms with Gasteiger partial charge in [0.1, 0.15) is 23.9 Å². The Labute approximate surface area is 169 Å². The molecule has 1 N–H and O–H groups in total. The fourth-order valence-electron chi connectivity index (χ4n) is 2.90. The maximum Gasteiger partial charge on any atom is 0.261 e. The number of hydrogen-bond acceptors (Lipinski definition) is 4. The molecule has 150 valence electrons. The van der Waals surface area contributed by atoms with Crippen molar-refractivity contribution >= 4 is 22.5 Å². The van der Waals surface area contributed by atoms with Gasteiger partial charge in [0.2, 0.25) is 5.91 Å². The monoisotopic (exact) mass is 407 g/mol. The summed E-state index contributed by atoms with van der Waals surface area (Å²) in [5.41, 5.74) is 0.158. The molecule has 0 bridgehead atoms. The molecular formula is C22H15F2N3O3. The molecule has 1 amide bonds. The van der Waals surface area contributed by atoms with Crippen LogP contribution in [0.3, 0.4) is 0 Å². The number of ether oxygens (including phenoxy) is 1. The van der Waals surface area contributed by atoms with E-state index < -0.39 is 23.1 Å². The van der Waals surface area contributed by atoms with Crippen molar-refractivity contribution in [2.45, 2.75) is 6.54 Å². The van der Waals surface area contributed by atoms with Crippen molar-refractivity contribution in [2.24, 2.45) is 0 Å². The second kappa shape index (κ2) is 8.12. The predicted octanol–water partition coefficient (Wildman–Crippen LogP) is 4.11. The fourth-order valence-corrected chi connectivity index (χ4v) is 2.90. The van der Waals surface area contributed by atoms with Crippen molar-refractivity contribution < 1.29 is 18.3 Å². The molecule has 6 nitrogen and oxygen atoms in total. The SMILES string of the molecule is O=C(Cn1cnc2ccc(F)cc2c1=O)Nc1ccccc1Oc1cccc(F)c1. The van der Waals surface area contributed by atoms with E-state index in [2.05, 4.69) is 10.3 Å². The highest BCUT2D eigenvalue weighted by Crippen LogP contribution is 2.29. The van der Waals surface area contributed by atoms with Gasteiger partial charge in [-0.3, -0.25) is 14.2 Å². The molecule has 0 aliphatic heterocycles. The van der Waals surface area contributed by atoms with Crippen LogP contribution in [-0.2, 0) is 11.3 Å². The Balaban J connectivity index is 1.54. The van der Waals surface area contributed by atoms with Gasteiger partial charge in [0, 0.05) is 6.07 Å². The first-order valence-corrected chi connectivity index (χ1v) is 8.96. The molecule has 0 fully saturated rings. The summed E-state index contributed by atoms with van der Waals surface area (Å²) in [4.78, 5) is 29.1. The molecule has 1 aromatic heterocycles. The molecule has 8 heteroatoms. The maximum absolute atomic E-state index is 13.5. The number of para-hydroxylation sites is 2. The fraction of sp³-hybridized carbons (Fsp3) is 0.0455. The lowest BCUT2D eigenvalue weighted by Gasteiger charge is -2.13. The van der Waals surface area contributed by atoms with E-state index in [1.165, 1.54) is 36.7 Å². The molecule has 4 rings (SSSR count). The van der Waals surface area contributed by atoms with Gasteiger partial charge in [-0.2, -0.15) is 0 Å². The first-order chi connectivity index (χ1) is 14.5. The largest absolute Gasteiger partial charge is 0.455 e. The Morgan fingerprint density at radius 1 is 1.00 bits per heavy atom. The Bertz CT molecular complexity index is 1300. The molecule has 0 atom stereocenters. The van der Waals surface area contributed by atoms with Gasteiger partial charge in [-0.25, -0.2) is 13.8 Å². The Kier molecular flexibility index (Phi) is 5.21. The van der Waals surface area contributed by atoms with Crippen molar-refractivity contribution in [1.29, 1.82) is 0 Å². The Morgan fingerprint density at radius 3 is 2.63 bits per heavy atom. The van der Waals surface area contributed by atoms with Crippen molar-refractivity contribution in [3.05, 3.63) is 95.0 Å². The summed E-state index contributed by atoms with van der Waals surface area (Å²) in [7, 11) is 0. The van der Waals surface area contributed by atoms with Crippen LogP contribution in [0.5, 0.6) is 11.5 Å². The molecule has 0 saturated carbocycles. The smallest absolute Gasteiger partial charge is 0.261 e. The van der Waals surface area contributed by atoms with E-state index in [1.807, 2.05) is 0 Å². The number of rotatable bonds is 5. The second-order valence-corrected chi connectivity index (χ2v) is 6.44. The summed E-state index contributed by atoms with van der Waals surface area (Å²) in [5.74, 6) is -0.943. The zero-order valence-corrected chi connectivity index (χ0v) is 15.5. The zero-order valence-electron chi connectivity index (χ0n) is 15.5. The van der Waals surface area contributed by atoms with Gasteiger partial charge in [-0.05, 0) is 42.5 Å². The number of benzene rings is 3. The van der Waals surface area contributed by atoms with Crippen molar-refractivity contribution in [2.75, 3.05) is 5.32 Å². The number of carbonyl (C=O) groups excluding carboxylic acids is 1. The number of fused-ring (bicyclic) bond motifs is 1. The first kappa shape index (κ1) is 19.3. The average Bonchev–Trinajstić information content (AvgIpc) is 2.72. The van der Waals surface area contributed by atoms with Crippen LogP contribution in [-0.4, -0.2) is 15.5 Å². The molecule has 1 heterocycles. The third-order valence-corrected chi connectivity index (χ3v) is 4.29.